The number of hydrogen-bond acceptors (Lipinski definition) is 2. The van der Waals surface area contributed by atoms with Crippen molar-refractivity contribution in [2.45, 2.75) is 51.9 Å². The van der Waals surface area contributed by atoms with Crippen molar-refractivity contribution in [1.29, 1.82) is 0 Å². The Morgan fingerprint density at radius 3 is 2.39 bits per heavy atom. The van der Waals surface area contributed by atoms with Crippen LogP contribution in [0.2, 0.25) is 0 Å². The van der Waals surface area contributed by atoms with Gasteiger partial charge in [-0.1, -0.05) is 45.1 Å². The minimum atomic E-state index is -1.12. The third-order valence-electron chi connectivity index (χ3n) is 2.45. The molecule has 0 radical (unpaired) electrons. The summed E-state index contributed by atoms with van der Waals surface area (Å²) in [6.45, 7) is 2.20. The number of hydrogen-bond donors (Lipinski definition) is 2. The lowest BCUT2D eigenvalue weighted by Gasteiger charge is -1.97. The van der Waals surface area contributed by atoms with Crippen LogP contribution in [-0.4, -0.2) is 17.0 Å². The van der Waals surface area contributed by atoms with Crippen molar-refractivity contribution in [1.82, 2.24) is 5.32 Å². The molecule has 0 bridgehead atoms. The minimum Gasteiger partial charge on any atom is -0.478 e. The van der Waals surface area contributed by atoms with E-state index in [4.69, 9.17) is 5.11 Å². The third-order valence-corrected chi connectivity index (χ3v) is 2.45. The Morgan fingerprint density at radius 2 is 1.72 bits per heavy atom. The van der Waals surface area contributed by atoms with Gasteiger partial charge in [0.2, 0.25) is 5.91 Å². The highest BCUT2D eigenvalue weighted by Gasteiger charge is 1.92. The van der Waals surface area contributed by atoms with Crippen LogP contribution in [0.1, 0.15) is 51.9 Å². The van der Waals surface area contributed by atoms with Gasteiger partial charge >= 0.3 is 5.97 Å². The highest BCUT2D eigenvalue weighted by Crippen LogP contribution is 2.06. The van der Waals surface area contributed by atoms with E-state index in [2.05, 4.69) is 12.2 Å². The smallest absolute Gasteiger partial charge is 0.328 e. The first-order valence-electron chi connectivity index (χ1n) is 6.53. The van der Waals surface area contributed by atoms with E-state index in [1.807, 2.05) is 6.08 Å². The first-order chi connectivity index (χ1) is 8.66. The fraction of sp³-hybridized carbons (Fsp3) is 0.571. The molecule has 2 N–H and O–H groups in total. The molecule has 0 unspecified atom stereocenters. The van der Waals surface area contributed by atoms with Crippen LogP contribution in [0.4, 0.5) is 0 Å². The van der Waals surface area contributed by atoms with E-state index in [1.165, 1.54) is 32.1 Å². The number of allylic oxidation sites excluding steroid dienone is 1. The van der Waals surface area contributed by atoms with Crippen LogP contribution in [0.25, 0.3) is 0 Å². The number of carbonyl (C=O) groups is 2. The van der Waals surface area contributed by atoms with Gasteiger partial charge in [0, 0.05) is 18.4 Å². The van der Waals surface area contributed by atoms with Crippen LogP contribution in [0.3, 0.4) is 0 Å². The summed E-state index contributed by atoms with van der Waals surface area (Å²) in [5.41, 5.74) is 0. The first kappa shape index (κ1) is 16.4. The van der Waals surface area contributed by atoms with Crippen LogP contribution in [-0.2, 0) is 9.59 Å². The monoisotopic (exact) mass is 253 g/mol. The molecule has 0 aliphatic heterocycles. The van der Waals surface area contributed by atoms with Gasteiger partial charge in [0.1, 0.15) is 0 Å². The summed E-state index contributed by atoms with van der Waals surface area (Å²) < 4.78 is 0. The number of nitrogens with one attached hydrogen (secondary N) is 1. The molecule has 0 atom stereocenters. The standard InChI is InChI=1S/C14H23NO3/c1-2-3-4-5-6-7-8-9-12-15-13(16)10-11-14(17)18/h9-12H,2-8H2,1H3,(H,15,16)(H,17,18)/b11-10+,12-9+. The minimum absolute atomic E-state index is 0.420. The lowest BCUT2D eigenvalue weighted by atomic mass is 10.1. The normalized spacial score (nSPS) is 11.2. The molecule has 0 saturated carbocycles. The summed E-state index contributed by atoms with van der Waals surface area (Å²) in [7, 11) is 0. The van der Waals surface area contributed by atoms with Crippen molar-refractivity contribution in [2.24, 2.45) is 0 Å². The Balaban J connectivity index is 3.43. The Bertz CT molecular complexity index is 295. The molecule has 0 aliphatic rings. The van der Waals surface area contributed by atoms with Crippen molar-refractivity contribution in [3.63, 3.8) is 0 Å². The molecule has 0 fully saturated rings. The zero-order chi connectivity index (χ0) is 13.6. The van der Waals surface area contributed by atoms with Gasteiger partial charge in [-0.25, -0.2) is 4.79 Å². The van der Waals surface area contributed by atoms with E-state index in [1.54, 1.807) is 6.20 Å². The highest BCUT2D eigenvalue weighted by atomic mass is 16.4. The highest BCUT2D eigenvalue weighted by molar-refractivity contribution is 5.94. The van der Waals surface area contributed by atoms with Crippen LogP contribution >= 0.6 is 0 Å². The molecule has 0 rings (SSSR count). The SMILES string of the molecule is CCCCCCCC/C=C/NC(=O)/C=C/C(=O)O. The predicted molar refractivity (Wildman–Crippen MR) is 72.1 cm³/mol. The molecule has 0 spiro atoms. The van der Waals surface area contributed by atoms with Gasteiger partial charge in [-0.05, 0) is 12.8 Å². The number of carbonyl (C=O) groups excluding carboxylic acids is 1. The third kappa shape index (κ3) is 12.5. The first-order valence-corrected chi connectivity index (χ1v) is 6.53. The van der Waals surface area contributed by atoms with Crippen LogP contribution in [0.5, 0.6) is 0 Å². The van der Waals surface area contributed by atoms with E-state index in [9.17, 15) is 9.59 Å². The molecular formula is C14H23NO3. The van der Waals surface area contributed by atoms with Crippen LogP contribution < -0.4 is 5.32 Å². The zero-order valence-electron chi connectivity index (χ0n) is 11.0. The van der Waals surface area contributed by atoms with Crippen molar-refractivity contribution in [3.05, 3.63) is 24.4 Å². The number of carboxylic acids is 1. The Hall–Kier alpha value is -1.58. The molecule has 0 saturated heterocycles. The summed E-state index contributed by atoms with van der Waals surface area (Å²) in [4.78, 5) is 21.2. The van der Waals surface area contributed by atoms with Gasteiger partial charge in [0.25, 0.3) is 0 Å². The van der Waals surface area contributed by atoms with Gasteiger partial charge in [-0.15, -0.1) is 0 Å². The maximum absolute atomic E-state index is 11.0. The predicted octanol–water partition coefficient (Wildman–Crippen LogP) is 3.01. The maximum Gasteiger partial charge on any atom is 0.328 e. The Kier molecular flexibility index (Phi) is 10.8. The molecule has 0 aliphatic carbocycles. The van der Waals surface area contributed by atoms with Crippen LogP contribution in [0.15, 0.2) is 24.4 Å². The number of aliphatic carboxylic acids is 1. The number of unbranched alkanes of at least 4 members (excludes halogenated alkanes) is 6. The van der Waals surface area contributed by atoms with Crippen LogP contribution in [0, 0.1) is 0 Å². The van der Waals surface area contributed by atoms with Gasteiger partial charge in [-0.3, -0.25) is 4.79 Å². The number of amides is 1. The summed E-state index contributed by atoms with van der Waals surface area (Å²) in [5, 5.41) is 10.8. The lowest BCUT2D eigenvalue weighted by Crippen LogP contribution is -2.13. The van der Waals surface area contributed by atoms with E-state index in [0.717, 1.165) is 25.0 Å². The van der Waals surface area contributed by atoms with E-state index in [0.29, 0.717) is 0 Å². The molecule has 0 aromatic rings. The summed E-state index contributed by atoms with van der Waals surface area (Å²) in [6.07, 6.45) is 13.7. The second kappa shape index (κ2) is 11.9. The summed E-state index contributed by atoms with van der Waals surface area (Å²) in [6, 6.07) is 0. The fourth-order valence-corrected chi connectivity index (χ4v) is 1.46. The molecule has 0 aromatic carbocycles. The summed E-state index contributed by atoms with van der Waals surface area (Å²) in [5.74, 6) is -1.54. The fourth-order valence-electron chi connectivity index (χ4n) is 1.46. The molecular weight excluding hydrogens is 230 g/mol. The van der Waals surface area contributed by atoms with Gasteiger partial charge in [0.15, 0.2) is 0 Å². The maximum atomic E-state index is 11.0. The van der Waals surface area contributed by atoms with Gasteiger partial charge in [-0.2, -0.15) is 0 Å². The number of rotatable bonds is 10. The van der Waals surface area contributed by atoms with Crippen molar-refractivity contribution < 1.29 is 14.7 Å². The summed E-state index contributed by atoms with van der Waals surface area (Å²) >= 11 is 0. The average Bonchev–Trinajstić information content (AvgIpc) is 2.34. The average molecular weight is 253 g/mol. The largest absolute Gasteiger partial charge is 0.478 e. The number of carboxylic acid groups (broad SMARTS) is 1. The molecule has 102 valence electrons. The van der Waals surface area contributed by atoms with Crippen molar-refractivity contribution in [2.75, 3.05) is 0 Å². The van der Waals surface area contributed by atoms with Crippen molar-refractivity contribution >= 4 is 11.9 Å². The molecule has 4 nitrogen and oxygen atoms in total. The molecule has 0 aromatic heterocycles. The van der Waals surface area contributed by atoms with Gasteiger partial charge < -0.3 is 10.4 Å². The Labute approximate surface area is 109 Å². The Morgan fingerprint density at radius 1 is 1.06 bits per heavy atom. The lowest BCUT2D eigenvalue weighted by molar-refractivity contribution is -0.131. The second-order valence-electron chi connectivity index (χ2n) is 4.14. The molecule has 18 heavy (non-hydrogen) atoms. The van der Waals surface area contributed by atoms with Crippen molar-refractivity contribution in [3.8, 4) is 0 Å². The van der Waals surface area contributed by atoms with Gasteiger partial charge in [0.05, 0.1) is 0 Å². The molecule has 4 heteroatoms. The van der Waals surface area contributed by atoms with E-state index in [-0.39, 0.29) is 0 Å². The molecule has 1 amide bonds. The van der Waals surface area contributed by atoms with E-state index < -0.39 is 11.9 Å². The molecule has 0 heterocycles. The zero-order valence-corrected chi connectivity index (χ0v) is 11.0. The second-order valence-corrected chi connectivity index (χ2v) is 4.14. The quantitative estimate of drug-likeness (QED) is 0.464. The topological polar surface area (TPSA) is 66.4 Å². The van der Waals surface area contributed by atoms with E-state index >= 15 is 0 Å².